The van der Waals surface area contributed by atoms with E-state index >= 15 is 0 Å². The van der Waals surface area contributed by atoms with Crippen LogP contribution in [0.3, 0.4) is 0 Å². The van der Waals surface area contributed by atoms with Gasteiger partial charge in [-0.2, -0.15) is 0 Å². The molecule has 0 radical (unpaired) electrons. The number of halogens is 2. The van der Waals surface area contributed by atoms with Gasteiger partial charge in [-0.25, -0.2) is 0 Å². The lowest BCUT2D eigenvalue weighted by Gasteiger charge is -2.25. The number of carbonyl (C=O) groups is 2. The first-order chi connectivity index (χ1) is 14.8. The summed E-state index contributed by atoms with van der Waals surface area (Å²) < 4.78 is 15.7. The number of aliphatic hydroxyl groups excluding tert-OH is 1. The maximum absolute atomic E-state index is 13.0. The standard InChI is InChI=1S/C22H21Cl2NO6/c1-29-9-8-25-19(12-4-6-15(23)16(24)10-12)18(21(27)22(25)28)20(26)14-11-13(30-2)5-7-17(14)31-3/h4-7,10-11,19,26H,8-9H2,1-3H3/b20-18+. The maximum Gasteiger partial charge on any atom is 0.295 e. The molecule has 2 aromatic carbocycles. The molecule has 0 aliphatic carbocycles. The Morgan fingerprint density at radius 2 is 1.77 bits per heavy atom. The molecular weight excluding hydrogens is 445 g/mol. The molecule has 2 aromatic rings. The van der Waals surface area contributed by atoms with Gasteiger partial charge in [-0.1, -0.05) is 29.3 Å². The summed E-state index contributed by atoms with van der Waals surface area (Å²) in [5.41, 5.74) is 0.649. The van der Waals surface area contributed by atoms with Crippen LogP contribution in [0.5, 0.6) is 11.5 Å². The van der Waals surface area contributed by atoms with Crippen molar-refractivity contribution < 1.29 is 28.9 Å². The number of benzene rings is 2. The number of hydrogen-bond acceptors (Lipinski definition) is 6. The lowest BCUT2D eigenvalue weighted by atomic mass is 9.95. The van der Waals surface area contributed by atoms with Gasteiger partial charge < -0.3 is 24.2 Å². The number of amides is 1. The van der Waals surface area contributed by atoms with E-state index in [9.17, 15) is 14.7 Å². The second-order valence-corrected chi connectivity index (χ2v) is 7.54. The highest BCUT2D eigenvalue weighted by atomic mass is 35.5. The summed E-state index contributed by atoms with van der Waals surface area (Å²) in [4.78, 5) is 27.2. The van der Waals surface area contributed by atoms with E-state index in [2.05, 4.69) is 0 Å². The summed E-state index contributed by atoms with van der Waals surface area (Å²) in [6.45, 7) is 0.339. The topological polar surface area (TPSA) is 85.3 Å². The molecular formula is C22H21Cl2NO6. The highest BCUT2D eigenvalue weighted by molar-refractivity contribution is 6.47. The van der Waals surface area contributed by atoms with Gasteiger partial charge in [0.05, 0.1) is 48.1 Å². The fourth-order valence-electron chi connectivity index (χ4n) is 3.47. The lowest BCUT2D eigenvalue weighted by molar-refractivity contribution is -0.140. The predicted molar refractivity (Wildman–Crippen MR) is 117 cm³/mol. The predicted octanol–water partition coefficient (Wildman–Crippen LogP) is 4.08. The van der Waals surface area contributed by atoms with Gasteiger partial charge in [-0.05, 0) is 35.9 Å². The molecule has 1 aliphatic rings. The van der Waals surface area contributed by atoms with E-state index in [1.807, 2.05) is 0 Å². The third-order valence-electron chi connectivity index (χ3n) is 5.00. The molecule has 1 amide bonds. The van der Waals surface area contributed by atoms with E-state index in [-0.39, 0.29) is 35.1 Å². The van der Waals surface area contributed by atoms with Crippen molar-refractivity contribution in [2.24, 2.45) is 0 Å². The van der Waals surface area contributed by atoms with Crippen molar-refractivity contribution in [1.82, 2.24) is 4.90 Å². The fraction of sp³-hybridized carbons (Fsp3) is 0.273. The first-order valence-electron chi connectivity index (χ1n) is 9.28. The van der Waals surface area contributed by atoms with Gasteiger partial charge in [-0.3, -0.25) is 9.59 Å². The number of aliphatic hydroxyl groups is 1. The normalized spacial score (nSPS) is 17.8. The van der Waals surface area contributed by atoms with Gasteiger partial charge in [0.25, 0.3) is 11.7 Å². The van der Waals surface area contributed by atoms with Gasteiger partial charge in [0, 0.05) is 13.7 Å². The first kappa shape index (κ1) is 22.9. The van der Waals surface area contributed by atoms with Crippen LogP contribution >= 0.6 is 23.2 Å². The monoisotopic (exact) mass is 465 g/mol. The summed E-state index contributed by atoms with van der Waals surface area (Å²) in [5.74, 6) is -1.20. The van der Waals surface area contributed by atoms with Gasteiger partial charge >= 0.3 is 0 Å². The molecule has 31 heavy (non-hydrogen) atoms. The minimum atomic E-state index is -0.888. The molecule has 0 spiro atoms. The Hall–Kier alpha value is -2.74. The van der Waals surface area contributed by atoms with E-state index in [4.69, 9.17) is 37.4 Å². The van der Waals surface area contributed by atoms with E-state index in [1.165, 1.54) is 32.3 Å². The Bertz CT molecular complexity index is 1050. The van der Waals surface area contributed by atoms with E-state index in [0.717, 1.165) is 0 Å². The Labute approximate surface area is 189 Å². The molecule has 0 saturated carbocycles. The Kier molecular flexibility index (Phi) is 7.10. The third kappa shape index (κ3) is 4.35. The fourth-order valence-corrected chi connectivity index (χ4v) is 3.78. The zero-order valence-corrected chi connectivity index (χ0v) is 18.7. The van der Waals surface area contributed by atoms with Crippen molar-refractivity contribution in [1.29, 1.82) is 0 Å². The third-order valence-corrected chi connectivity index (χ3v) is 5.74. The molecule has 7 nitrogen and oxygen atoms in total. The zero-order chi connectivity index (χ0) is 22.7. The molecule has 0 aromatic heterocycles. The second-order valence-electron chi connectivity index (χ2n) is 6.73. The molecule has 0 bridgehead atoms. The molecule has 1 aliphatic heterocycles. The second kappa shape index (κ2) is 9.60. The number of likely N-dealkylation sites (tertiary alicyclic amines) is 1. The van der Waals surface area contributed by atoms with Crippen LogP contribution in [0.4, 0.5) is 0 Å². The van der Waals surface area contributed by atoms with Crippen LogP contribution < -0.4 is 9.47 Å². The smallest absolute Gasteiger partial charge is 0.295 e. The van der Waals surface area contributed by atoms with Crippen molar-refractivity contribution >= 4 is 40.7 Å². The molecule has 1 saturated heterocycles. The summed E-state index contributed by atoms with van der Waals surface area (Å²) in [6.07, 6.45) is 0. The van der Waals surface area contributed by atoms with Gasteiger partial charge in [0.1, 0.15) is 17.3 Å². The average molecular weight is 466 g/mol. The summed E-state index contributed by atoms with van der Waals surface area (Å²) in [6, 6.07) is 8.69. The van der Waals surface area contributed by atoms with Crippen LogP contribution in [0.2, 0.25) is 10.0 Å². The Morgan fingerprint density at radius 3 is 2.39 bits per heavy atom. The van der Waals surface area contributed by atoms with Crippen LogP contribution in [0, 0.1) is 0 Å². The molecule has 1 fully saturated rings. The quantitative estimate of drug-likeness (QED) is 0.376. The van der Waals surface area contributed by atoms with Gasteiger partial charge in [0.2, 0.25) is 0 Å². The van der Waals surface area contributed by atoms with Crippen molar-refractivity contribution in [2.75, 3.05) is 34.5 Å². The lowest BCUT2D eigenvalue weighted by Crippen LogP contribution is -2.32. The number of methoxy groups -OCH3 is 3. The van der Waals surface area contributed by atoms with Crippen LogP contribution in [-0.4, -0.2) is 56.2 Å². The molecule has 1 heterocycles. The van der Waals surface area contributed by atoms with Gasteiger partial charge in [-0.15, -0.1) is 0 Å². The highest BCUT2D eigenvalue weighted by Crippen LogP contribution is 2.42. The molecule has 1 atom stereocenters. The van der Waals surface area contributed by atoms with Crippen LogP contribution in [-0.2, 0) is 14.3 Å². The number of rotatable bonds is 7. The maximum atomic E-state index is 13.0. The number of ether oxygens (including phenoxy) is 3. The number of Topliss-reactive ketones (excluding diaryl/α,β-unsaturated/α-hetero) is 1. The van der Waals surface area contributed by atoms with Crippen LogP contribution in [0.25, 0.3) is 5.76 Å². The molecule has 3 rings (SSSR count). The zero-order valence-electron chi connectivity index (χ0n) is 17.1. The van der Waals surface area contributed by atoms with Crippen LogP contribution in [0.15, 0.2) is 42.0 Å². The number of carbonyl (C=O) groups excluding carboxylic acids is 2. The van der Waals surface area contributed by atoms with Crippen LogP contribution in [0.1, 0.15) is 17.2 Å². The minimum absolute atomic E-state index is 0.0916. The van der Waals surface area contributed by atoms with E-state index in [0.29, 0.717) is 22.1 Å². The van der Waals surface area contributed by atoms with Crippen molar-refractivity contribution in [3.63, 3.8) is 0 Å². The SMILES string of the molecule is COCCN1C(=O)C(=O)/C(=C(/O)c2cc(OC)ccc2OC)C1c1ccc(Cl)c(Cl)c1. The Balaban J connectivity index is 2.25. The minimum Gasteiger partial charge on any atom is -0.507 e. The van der Waals surface area contributed by atoms with E-state index < -0.39 is 17.7 Å². The summed E-state index contributed by atoms with van der Waals surface area (Å²) in [7, 11) is 4.41. The molecule has 9 heteroatoms. The first-order valence-corrected chi connectivity index (χ1v) is 10.0. The van der Waals surface area contributed by atoms with Crippen molar-refractivity contribution in [3.05, 3.63) is 63.1 Å². The molecule has 1 unspecified atom stereocenters. The number of ketones is 1. The summed E-state index contributed by atoms with van der Waals surface area (Å²) in [5, 5.41) is 11.8. The summed E-state index contributed by atoms with van der Waals surface area (Å²) >= 11 is 12.2. The molecule has 164 valence electrons. The largest absolute Gasteiger partial charge is 0.507 e. The van der Waals surface area contributed by atoms with Crippen molar-refractivity contribution in [2.45, 2.75) is 6.04 Å². The van der Waals surface area contributed by atoms with Gasteiger partial charge in [0.15, 0.2) is 0 Å². The Morgan fingerprint density at radius 1 is 1.03 bits per heavy atom. The highest BCUT2D eigenvalue weighted by Gasteiger charge is 2.46. The average Bonchev–Trinajstić information content (AvgIpc) is 3.03. The van der Waals surface area contributed by atoms with Crippen molar-refractivity contribution in [3.8, 4) is 11.5 Å². The molecule has 1 N–H and O–H groups in total. The number of hydrogen-bond donors (Lipinski definition) is 1. The van der Waals surface area contributed by atoms with E-state index in [1.54, 1.807) is 30.3 Å². The number of nitrogens with zero attached hydrogens (tertiary/aromatic N) is 1.